The largest absolute Gasteiger partial charge is 0.340 e. The lowest BCUT2D eigenvalue weighted by Gasteiger charge is -2.44. The van der Waals surface area contributed by atoms with Gasteiger partial charge in [0, 0.05) is 38.1 Å². The van der Waals surface area contributed by atoms with Crippen molar-refractivity contribution in [3.05, 3.63) is 0 Å². The Bertz CT molecular complexity index is 351. The third-order valence-corrected chi connectivity index (χ3v) is 5.99. The first-order valence-corrected chi connectivity index (χ1v) is 8.88. The number of hydrogen-bond acceptors (Lipinski definition) is 3. The van der Waals surface area contributed by atoms with Crippen molar-refractivity contribution in [3.63, 3.8) is 0 Å². The van der Waals surface area contributed by atoms with E-state index in [4.69, 9.17) is 0 Å². The molecule has 3 fully saturated rings. The average molecular weight is 293 g/mol. The van der Waals surface area contributed by atoms with Crippen LogP contribution in [0.3, 0.4) is 0 Å². The molecule has 0 unspecified atom stereocenters. The Morgan fingerprint density at radius 2 is 1.62 bits per heavy atom. The molecule has 120 valence electrons. The second kappa shape index (κ2) is 6.66. The number of amides is 1. The summed E-state index contributed by atoms with van der Waals surface area (Å²) in [5.74, 6) is 1.62. The molecule has 1 amide bonds. The molecule has 2 saturated heterocycles. The lowest BCUT2D eigenvalue weighted by molar-refractivity contribution is -0.142. The Balaban J connectivity index is 1.42. The number of piperazine rings is 1. The molecule has 0 bridgehead atoms. The quantitative estimate of drug-likeness (QED) is 0.792. The average Bonchev–Trinajstić information content (AvgIpc) is 2.47. The Labute approximate surface area is 129 Å². The van der Waals surface area contributed by atoms with Crippen LogP contribution >= 0.6 is 0 Å². The van der Waals surface area contributed by atoms with Crippen LogP contribution in [0.1, 0.15) is 39.0 Å². The first kappa shape index (κ1) is 15.3. The third-order valence-electron chi connectivity index (χ3n) is 5.99. The second-order valence-electron chi connectivity index (χ2n) is 7.34. The summed E-state index contributed by atoms with van der Waals surface area (Å²) < 4.78 is 0. The van der Waals surface area contributed by atoms with E-state index in [2.05, 4.69) is 28.7 Å². The minimum atomic E-state index is 0.352. The van der Waals surface area contributed by atoms with Gasteiger partial charge in [-0.3, -0.25) is 9.69 Å². The molecule has 4 heteroatoms. The van der Waals surface area contributed by atoms with E-state index in [9.17, 15) is 4.79 Å². The van der Waals surface area contributed by atoms with Gasteiger partial charge in [-0.05, 0) is 51.7 Å². The Morgan fingerprint density at radius 3 is 2.19 bits per heavy atom. The normalized spacial score (nSPS) is 33.0. The molecule has 1 aliphatic carbocycles. The first-order chi connectivity index (χ1) is 10.2. The van der Waals surface area contributed by atoms with Crippen molar-refractivity contribution in [1.29, 1.82) is 0 Å². The number of nitrogens with zero attached hydrogens (tertiary/aromatic N) is 3. The highest BCUT2D eigenvalue weighted by Gasteiger charge is 2.37. The summed E-state index contributed by atoms with van der Waals surface area (Å²) in [5.41, 5.74) is 0. The van der Waals surface area contributed by atoms with E-state index in [1.54, 1.807) is 0 Å². The van der Waals surface area contributed by atoms with Crippen LogP contribution in [-0.4, -0.2) is 73.0 Å². The van der Waals surface area contributed by atoms with Crippen LogP contribution in [0.2, 0.25) is 0 Å². The van der Waals surface area contributed by atoms with Gasteiger partial charge >= 0.3 is 0 Å². The van der Waals surface area contributed by atoms with E-state index in [0.29, 0.717) is 11.8 Å². The second-order valence-corrected chi connectivity index (χ2v) is 7.34. The Kier molecular flexibility index (Phi) is 4.85. The predicted octanol–water partition coefficient (Wildman–Crippen LogP) is 1.66. The molecule has 2 heterocycles. The molecule has 4 nitrogen and oxygen atoms in total. The maximum atomic E-state index is 12.5. The maximum Gasteiger partial charge on any atom is 0.225 e. The van der Waals surface area contributed by atoms with Gasteiger partial charge in [0.2, 0.25) is 5.91 Å². The lowest BCUT2D eigenvalue weighted by Crippen LogP contribution is -2.55. The number of carbonyl (C=O) groups is 1. The van der Waals surface area contributed by atoms with E-state index in [-0.39, 0.29) is 0 Å². The van der Waals surface area contributed by atoms with Crippen molar-refractivity contribution >= 4 is 5.91 Å². The molecule has 3 rings (SSSR count). The third kappa shape index (κ3) is 3.42. The summed E-state index contributed by atoms with van der Waals surface area (Å²) in [4.78, 5) is 19.7. The SMILES string of the molecule is CCC1CC(C(=O)N2CCN(C3CCN(C)CC3)CC2)C1. The molecule has 2 aliphatic heterocycles. The molecule has 0 N–H and O–H groups in total. The molecular formula is C17H31N3O. The zero-order valence-electron chi connectivity index (χ0n) is 13.8. The molecule has 21 heavy (non-hydrogen) atoms. The maximum absolute atomic E-state index is 12.5. The molecule has 0 atom stereocenters. The van der Waals surface area contributed by atoms with Gasteiger partial charge in [0.25, 0.3) is 0 Å². The van der Waals surface area contributed by atoms with Crippen LogP contribution in [0.5, 0.6) is 0 Å². The van der Waals surface area contributed by atoms with Crippen LogP contribution in [0.4, 0.5) is 0 Å². The van der Waals surface area contributed by atoms with E-state index >= 15 is 0 Å². The standard InChI is InChI=1S/C17H31N3O/c1-3-14-12-15(13-14)17(21)20-10-8-19(9-11-20)16-4-6-18(2)7-5-16/h14-16H,3-13H2,1-2H3. The van der Waals surface area contributed by atoms with Gasteiger partial charge in [0.05, 0.1) is 0 Å². The minimum absolute atomic E-state index is 0.352. The molecule has 0 aromatic carbocycles. The molecule has 0 aromatic heterocycles. The molecule has 0 radical (unpaired) electrons. The van der Waals surface area contributed by atoms with Gasteiger partial charge in [-0.1, -0.05) is 13.3 Å². The fourth-order valence-corrected chi connectivity index (χ4v) is 4.20. The van der Waals surface area contributed by atoms with E-state index < -0.39 is 0 Å². The summed E-state index contributed by atoms with van der Waals surface area (Å²) in [6.45, 7) is 8.78. The van der Waals surface area contributed by atoms with Crippen LogP contribution in [0, 0.1) is 11.8 Å². The van der Waals surface area contributed by atoms with Crippen molar-refractivity contribution in [1.82, 2.24) is 14.7 Å². The highest BCUT2D eigenvalue weighted by atomic mass is 16.2. The smallest absolute Gasteiger partial charge is 0.225 e. The fourth-order valence-electron chi connectivity index (χ4n) is 4.20. The van der Waals surface area contributed by atoms with Gasteiger partial charge in [-0.25, -0.2) is 0 Å². The van der Waals surface area contributed by atoms with Crippen molar-refractivity contribution in [3.8, 4) is 0 Å². The van der Waals surface area contributed by atoms with E-state index in [0.717, 1.165) is 51.0 Å². The van der Waals surface area contributed by atoms with E-state index in [1.807, 2.05) is 0 Å². The fraction of sp³-hybridized carbons (Fsp3) is 0.941. The summed E-state index contributed by atoms with van der Waals surface area (Å²) in [6.07, 6.45) is 6.12. The highest BCUT2D eigenvalue weighted by Crippen LogP contribution is 2.37. The van der Waals surface area contributed by atoms with Crippen LogP contribution < -0.4 is 0 Å². The Morgan fingerprint density at radius 1 is 1.00 bits per heavy atom. The highest BCUT2D eigenvalue weighted by molar-refractivity contribution is 5.79. The number of hydrogen-bond donors (Lipinski definition) is 0. The molecule has 3 aliphatic rings. The van der Waals surface area contributed by atoms with Crippen LogP contribution in [0.25, 0.3) is 0 Å². The van der Waals surface area contributed by atoms with Gasteiger partial charge in [0.15, 0.2) is 0 Å². The molecule has 1 saturated carbocycles. The van der Waals surface area contributed by atoms with Crippen molar-refractivity contribution in [2.45, 2.75) is 45.1 Å². The summed E-state index contributed by atoms with van der Waals surface area (Å²) in [7, 11) is 2.22. The van der Waals surface area contributed by atoms with Gasteiger partial charge in [-0.2, -0.15) is 0 Å². The van der Waals surface area contributed by atoms with Crippen LogP contribution in [-0.2, 0) is 4.79 Å². The zero-order chi connectivity index (χ0) is 14.8. The minimum Gasteiger partial charge on any atom is -0.340 e. The summed E-state index contributed by atoms with van der Waals surface area (Å²) in [6, 6.07) is 0.756. The number of rotatable bonds is 3. The van der Waals surface area contributed by atoms with E-state index in [1.165, 1.54) is 32.4 Å². The molecule has 0 spiro atoms. The Hall–Kier alpha value is -0.610. The van der Waals surface area contributed by atoms with Gasteiger partial charge < -0.3 is 9.80 Å². The van der Waals surface area contributed by atoms with Crippen LogP contribution in [0.15, 0.2) is 0 Å². The summed E-state index contributed by atoms with van der Waals surface area (Å²) in [5, 5.41) is 0. The van der Waals surface area contributed by atoms with Crippen molar-refractivity contribution in [2.75, 3.05) is 46.3 Å². The number of likely N-dealkylation sites (tertiary alicyclic amines) is 1. The lowest BCUT2D eigenvalue weighted by atomic mass is 9.73. The first-order valence-electron chi connectivity index (χ1n) is 8.88. The monoisotopic (exact) mass is 293 g/mol. The van der Waals surface area contributed by atoms with Gasteiger partial charge in [-0.15, -0.1) is 0 Å². The zero-order valence-corrected chi connectivity index (χ0v) is 13.8. The molecular weight excluding hydrogens is 262 g/mol. The topological polar surface area (TPSA) is 26.8 Å². The summed E-state index contributed by atoms with van der Waals surface area (Å²) >= 11 is 0. The number of carbonyl (C=O) groups excluding carboxylic acids is 1. The number of piperidine rings is 1. The molecule has 0 aromatic rings. The predicted molar refractivity (Wildman–Crippen MR) is 85.2 cm³/mol. The van der Waals surface area contributed by atoms with Crippen molar-refractivity contribution < 1.29 is 4.79 Å². The van der Waals surface area contributed by atoms with Crippen molar-refractivity contribution in [2.24, 2.45) is 11.8 Å². The van der Waals surface area contributed by atoms with Gasteiger partial charge in [0.1, 0.15) is 0 Å².